The van der Waals surface area contributed by atoms with E-state index < -0.39 is 22.2 Å². The van der Waals surface area contributed by atoms with Gasteiger partial charge < -0.3 is 10.3 Å². The van der Waals surface area contributed by atoms with Crippen molar-refractivity contribution in [1.29, 1.82) is 0 Å². The maximum Gasteiger partial charge on any atom is 0.367 e. The summed E-state index contributed by atoms with van der Waals surface area (Å²) in [6, 6.07) is 3.24. The van der Waals surface area contributed by atoms with Crippen molar-refractivity contribution in [2.45, 2.75) is 77.5 Å². The Morgan fingerprint density at radius 3 is 1.78 bits per heavy atom. The summed E-state index contributed by atoms with van der Waals surface area (Å²) in [4.78, 5) is 12.8. The molecule has 0 aliphatic carbocycles. The van der Waals surface area contributed by atoms with E-state index in [4.69, 9.17) is 0 Å². The van der Waals surface area contributed by atoms with Crippen LogP contribution in [0.3, 0.4) is 0 Å². The molecule has 0 N–H and O–H groups in total. The predicted molar refractivity (Wildman–Crippen MR) is 101 cm³/mol. The van der Waals surface area contributed by atoms with Gasteiger partial charge in [0, 0.05) is 5.21 Å². The second kappa shape index (κ2) is 5.44. The summed E-state index contributed by atoms with van der Waals surface area (Å²) in [5, 5.41) is 40.6. The van der Waals surface area contributed by atoms with E-state index in [0.717, 1.165) is 31.3 Å². The predicted octanol–water partition coefficient (Wildman–Crippen LogP) is 1.89. The van der Waals surface area contributed by atoms with E-state index in [1.54, 1.807) is 67.5 Å². The molecule has 27 heavy (non-hydrogen) atoms. The molecule has 0 atom stereocenters. The normalized spacial score (nSPS) is 27.7. The maximum atomic E-state index is 12.8. The molecule has 0 aromatic carbocycles. The number of rotatable bonds is 0. The molecule has 0 unspecified atom stereocenters. The molecular formula is C18H26N4O4S. The molecule has 3 rings (SSSR count). The fourth-order valence-electron chi connectivity index (χ4n) is 3.20. The van der Waals surface area contributed by atoms with Gasteiger partial charge in [-0.15, -0.1) is 11.3 Å². The SMILES string of the molecule is CC1(C)N([O])C(=c2cc/c(=C3\N([O])C(C)(C)C(C)(C)[N+]3=O)s2)N([O-])C1(C)C. The summed E-state index contributed by atoms with van der Waals surface area (Å²) in [5.74, 6) is 0.0153. The van der Waals surface area contributed by atoms with E-state index in [-0.39, 0.29) is 11.6 Å². The Morgan fingerprint density at radius 1 is 0.852 bits per heavy atom. The lowest BCUT2D eigenvalue weighted by molar-refractivity contribution is -0.532. The highest BCUT2D eigenvalue weighted by atomic mass is 32.1. The zero-order valence-corrected chi connectivity index (χ0v) is 17.8. The minimum atomic E-state index is -0.923. The van der Waals surface area contributed by atoms with Gasteiger partial charge in [-0.3, -0.25) is 0 Å². The highest BCUT2D eigenvalue weighted by Gasteiger charge is 2.66. The van der Waals surface area contributed by atoms with Crippen molar-refractivity contribution in [3.63, 3.8) is 0 Å². The lowest BCUT2D eigenvalue weighted by Gasteiger charge is -2.43. The molecule has 0 bridgehead atoms. The van der Waals surface area contributed by atoms with E-state index in [1.165, 1.54) is 0 Å². The summed E-state index contributed by atoms with van der Waals surface area (Å²) in [7, 11) is 0. The highest BCUT2D eigenvalue weighted by Crippen LogP contribution is 2.44. The Labute approximate surface area is 162 Å². The Balaban J connectivity index is 2.26. The van der Waals surface area contributed by atoms with Crippen LogP contribution in [0.2, 0.25) is 0 Å². The van der Waals surface area contributed by atoms with Gasteiger partial charge in [-0.2, -0.15) is 5.06 Å². The zero-order valence-electron chi connectivity index (χ0n) is 17.0. The third-order valence-corrected chi connectivity index (χ3v) is 7.92. The summed E-state index contributed by atoms with van der Waals surface area (Å²) in [6.45, 7) is 13.8. The standard InChI is InChI=1S/C18H26N4O4S/c1-15(2)16(3,4)20(24)13(19(15)23)11-9-10-12(27-11)14-21(25)17(5,6)18(7,8)22(14)26/h9-10H,1-8H3. The fourth-order valence-corrected chi connectivity index (χ4v) is 4.22. The molecule has 0 saturated carbocycles. The van der Waals surface area contributed by atoms with Crippen molar-refractivity contribution >= 4 is 23.0 Å². The first-order valence-corrected chi connectivity index (χ1v) is 9.65. The Morgan fingerprint density at radius 2 is 1.37 bits per heavy atom. The lowest BCUT2D eigenvalue weighted by Crippen LogP contribution is -2.51. The van der Waals surface area contributed by atoms with Crippen LogP contribution in [0.1, 0.15) is 55.4 Å². The van der Waals surface area contributed by atoms with Crippen molar-refractivity contribution in [3.8, 4) is 0 Å². The van der Waals surface area contributed by atoms with E-state index in [1.807, 2.05) is 0 Å². The Kier molecular flexibility index (Phi) is 4.04. The maximum absolute atomic E-state index is 12.8. The summed E-state index contributed by atoms with van der Waals surface area (Å²) >= 11 is 1.10. The first kappa shape index (κ1) is 20.1. The van der Waals surface area contributed by atoms with Crippen LogP contribution in [-0.2, 0) is 10.4 Å². The van der Waals surface area contributed by atoms with Crippen LogP contribution in [-0.4, -0.2) is 42.1 Å². The first-order valence-electron chi connectivity index (χ1n) is 8.84. The van der Waals surface area contributed by atoms with Gasteiger partial charge in [0.05, 0.1) is 15.6 Å². The number of hydroxylamine groups is 6. The Hall–Kier alpha value is -1.68. The number of hydrogen-bond donors (Lipinski definition) is 0. The molecular weight excluding hydrogens is 368 g/mol. The molecule has 2 aliphatic heterocycles. The minimum Gasteiger partial charge on any atom is -0.757 e. The molecule has 0 spiro atoms. The third kappa shape index (κ3) is 2.25. The molecule has 1 aromatic rings. The quantitative estimate of drug-likeness (QED) is 0.627. The van der Waals surface area contributed by atoms with Crippen molar-refractivity contribution in [1.82, 2.24) is 15.2 Å². The smallest absolute Gasteiger partial charge is 0.367 e. The zero-order chi connectivity index (χ0) is 20.7. The van der Waals surface area contributed by atoms with E-state index in [9.17, 15) is 20.5 Å². The number of nitrogens with zero attached hydrogens (tertiary/aromatic N) is 4. The van der Waals surface area contributed by atoms with Gasteiger partial charge in [0.15, 0.2) is 11.1 Å². The van der Waals surface area contributed by atoms with Crippen LogP contribution in [0.5, 0.6) is 0 Å². The van der Waals surface area contributed by atoms with Crippen LogP contribution in [0.4, 0.5) is 0 Å². The summed E-state index contributed by atoms with van der Waals surface area (Å²) < 4.78 is 1.60. The topological polar surface area (TPSA) is 92.7 Å². The average molecular weight is 394 g/mol. The van der Waals surface area contributed by atoms with Crippen molar-refractivity contribution in [2.24, 2.45) is 0 Å². The fraction of sp³-hybridized carbons (Fsp3) is 0.667. The lowest BCUT2D eigenvalue weighted by atomic mass is 9.84. The second-order valence-corrected chi connectivity index (χ2v) is 10.3. The molecule has 2 fully saturated rings. The van der Waals surface area contributed by atoms with Gasteiger partial charge in [0.25, 0.3) is 0 Å². The largest absolute Gasteiger partial charge is 0.757 e. The molecule has 2 radical (unpaired) electrons. The van der Waals surface area contributed by atoms with Crippen molar-refractivity contribution in [2.75, 3.05) is 0 Å². The van der Waals surface area contributed by atoms with Crippen molar-refractivity contribution in [3.05, 3.63) is 31.3 Å². The second-order valence-electron chi connectivity index (χ2n) is 9.22. The van der Waals surface area contributed by atoms with Crippen LogP contribution >= 0.6 is 11.3 Å². The number of hydrogen-bond acceptors (Lipinski definition) is 6. The van der Waals surface area contributed by atoms with E-state index in [2.05, 4.69) is 0 Å². The summed E-state index contributed by atoms with van der Waals surface area (Å²) in [5.41, 5.74) is -3.69. The molecule has 8 nitrogen and oxygen atoms in total. The molecule has 2 aliphatic rings. The number of thiophene rings is 1. The molecule has 3 heterocycles. The van der Waals surface area contributed by atoms with Gasteiger partial charge in [-0.05, 0) is 72.3 Å². The molecule has 2 saturated heterocycles. The monoisotopic (exact) mass is 394 g/mol. The van der Waals surface area contributed by atoms with E-state index >= 15 is 0 Å². The van der Waals surface area contributed by atoms with Gasteiger partial charge in [-0.1, -0.05) is 15.2 Å². The van der Waals surface area contributed by atoms with Gasteiger partial charge in [0.2, 0.25) is 0 Å². The van der Waals surface area contributed by atoms with Gasteiger partial charge in [-0.25, -0.2) is 0 Å². The Bertz CT molecular complexity index is 909. The number of nitroso groups, excluding NO2 is 1. The highest BCUT2D eigenvalue weighted by molar-refractivity contribution is 7.07. The summed E-state index contributed by atoms with van der Waals surface area (Å²) in [6.07, 6.45) is 0. The molecule has 148 valence electrons. The molecule has 0 amide bonds. The van der Waals surface area contributed by atoms with Gasteiger partial charge >= 0.3 is 5.82 Å². The van der Waals surface area contributed by atoms with Gasteiger partial charge in [0.1, 0.15) is 10.4 Å². The van der Waals surface area contributed by atoms with Crippen LogP contribution in [0.15, 0.2) is 12.1 Å². The van der Waals surface area contributed by atoms with Crippen LogP contribution in [0.25, 0.3) is 11.6 Å². The third-order valence-electron chi connectivity index (χ3n) is 6.84. The minimum absolute atomic E-state index is 0.00765. The van der Waals surface area contributed by atoms with Crippen molar-refractivity contribution < 1.29 is 15.2 Å². The first-order chi connectivity index (χ1) is 12.1. The molecule has 9 heteroatoms. The van der Waals surface area contributed by atoms with E-state index in [0.29, 0.717) is 9.06 Å². The van der Waals surface area contributed by atoms with Crippen LogP contribution in [0, 0.1) is 10.1 Å². The molecule has 1 aromatic heterocycles. The average Bonchev–Trinajstić information content (AvgIpc) is 3.09. The van der Waals surface area contributed by atoms with Crippen LogP contribution < -0.4 is 9.06 Å².